The molecule has 1 aliphatic heterocycles. The fourth-order valence-corrected chi connectivity index (χ4v) is 2.48. The average molecular weight is 240 g/mol. The highest BCUT2D eigenvalue weighted by molar-refractivity contribution is 5.81. The van der Waals surface area contributed by atoms with E-state index in [9.17, 15) is 4.79 Å². The summed E-state index contributed by atoms with van der Waals surface area (Å²) < 4.78 is 5.16. The van der Waals surface area contributed by atoms with Crippen molar-refractivity contribution in [1.82, 2.24) is 10.2 Å². The minimum Gasteiger partial charge on any atom is -0.372 e. The fraction of sp³-hybridized carbons (Fsp3) is 0.923. The molecule has 0 aromatic heterocycles. The third-order valence-corrected chi connectivity index (χ3v) is 3.89. The van der Waals surface area contributed by atoms with E-state index in [-0.39, 0.29) is 12.0 Å². The molecule has 0 bridgehead atoms. The largest absolute Gasteiger partial charge is 0.372 e. The first-order valence-electron chi connectivity index (χ1n) is 6.76. The van der Waals surface area contributed by atoms with Gasteiger partial charge in [0.1, 0.15) is 6.10 Å². The van der Waals surface area contributed by atoms with Gasteiger partial charge in [-0.05, 0) is 51.6 Å². The molecule has 1 saturated carbocycles. The zero-order valence-corrected chi connectivity index (χ0v) is 10.9. The second-order valence-corrected chi connectivity index (χ2v) is 5.29. The summed E-state index contributed by atoms with van der Waals surface area (Å²) in [6.45, 7) is 4.97. The van der Waals surface area contributed by atoms with Crippen molar-refractivity contribution in [3.05, 3.63) is 0 Å². The quantitative estimate of drug-likeness (QED) is 0.780. The highest BCUT2D eigenvalue weighted by Crippen LogP contribution is 2.29. The lowest BCUT2D eigenvalue weighted by molar-refractivity contribution is -0.142. The topological polar surface area (TPSA) is 41.6 Å². The lowest BCUT2D eigenvalue weighted by Gasteiger charge is -2.31. The minimum atomic E-state index is -0.294. The van der Waals surface area contributed by atoms with Gasteiger partial charge in [-0.1, -0.05) is 0 Å². The molecule has 1 unspecified atom stereocenters. The standard InChI is InChI=1S/C13H24N2O2/c1-10(17-2)13(16)15(12-3-4-12)9-11-5-7-14-8-6-11/h10-12,14H,3-9H2,1-2H3. The van der Waals surface area contributed by atoms with Crippen LogP contribution in [0, 0.1) is 5.92 Å². The summed E-state index contributed by atoms with van der Waals surface area (Å²) in [6.07, 6.45) is 4.44. The van der Waals surface area contributed by atoms with E-state index in [1.165, 1.54) is 25.7 Å². The lowest BCUT2D eigenvalue weighted by Crippen LogP contribution is -2.44. The van der Waals surface area contributed by atoms with Crippen LogP contribution in [0.1, 0.15) is 32.6 Å². The molecule has 17 heavy (non-hydrogen) atoms. The Morgan fingerprint density at radius 1 is 1.35 bits per heavy atom. The predicted molar refractivity (Wildman–Crippen MR) is 66.8 cm³/mol. The van der Waals surface area contributed by atoms with Crippen molar-refractivity contribution in [2.75, 3.05) is 26.7 Å². The van der Waals surface area contributed by atoms with E-state index in [1.807, 2.05) is 6.92 Å². The number of ether oxygens (including phenoxy) is 1. The van der Waals surface area contributed by atoms with Crippen LogP contribution in [0.2, 0.25) is 0 Å². The zero-order valence-electron chi connectivity index (χ0n) is 10.9. The molecule has 1 aliphatic carbocycles. The summed E-state index contributed by atoms with van der Waals surface area (Å²) in [5, 5.41) is 3.37. The third kappa shape index (κ3) is 3.42. The molecule has 1 amide bonds. The van der Waals surface area contributed by atoms with E-state index in [4.69, 9.17) is 4.74 Å². The first kappa shape index (κ1) is 12.8. The van der Waals surface area contributed by atoms with Gasteiger partial charge in [-0.3, -0.25) is 4.79 Å². The second kappa shape index (κ2) is 5.83. The molecule has 0 radical (unpaired) electrons. The van der Waals surface area contributed by atoms with Crippen LogP contribution in [-0.4, -0.2) is 49.7 Å². The number of hydrogen-bond acceptors (Lipinski definition) is 3. The zero-order chi connectivity index (χ0) is 12.3. The number of nitrogens with one attached hydrogen (secondary N) is 1. The van der Waals surface area contributed by atoms with Crippen molar-refractivity contribution in [3.8, 4) is 0 Å². The lowest BCUT2D eigenvalue weighted by atomic mass is 9.97. The Morgan fingerprint density at radius 2 is 2.00 bits per heavy atom. The van der Waals surface area contributed by atoms with Gasteiger partial charge in [0.25, 0.3) is 5.91 Å². The van der Waals surface area contributed by atoms with Gasteiger partial charge < -0.3 is 15.0 Å². The van der Waals surface area contributed by atoms with E-state index in [1.54, 1.807) is 7.11 Å². The molecule has 2 rings (SSSR count). The van der Waals surface area contributed by atoms with Crippen LogP contribution in [0.3, 0.4) is 0 Å². The monoisotopic (exact) mass is 240 g/mol. The van der Waals surface area contributed by atoms with Crippen molar-refractivity contribution in [3.63, 3.8) is 0 Å². The summed E-state index contributed by atoms with van der Waals surface area (Å²) in [6, 6.07) is 0.495. The predicted octanol–water partition coefficient (Wildman–Crippen LogP) is 1.01. The number of carbonyl (C=O) groups excluding carboxylic acids is 1. The normalized spacial score (nSPS) is 23.4. The number of piperidine rings is 1. The summed E-state index contributed by atoms with van der Waals surface area (Å²) >= 11 is 0. The first-order valence-corrected chi connectivity index (χ1v) is 6.76. The molecule has 4 nitrogen and oxygen atoms in total. The number of methoxy groups -OCH3 is 1. The number of rotatable bonds is 5. The van der Waals surface area contributed by atoms with E-state index in [0.29, 0.717) is 12.0 Å². The molecule has 1 heterocycles. The summed E-state index contributed by atoms with van der Waals surface area (Å²) in [4.78, 5) is 14.3. The Labute approximate surface area is 104 Å². The number of nitrogens with zero attached hydrogens (tertiary/aromatic N) is 1. The molecule has 0 aromatic rings. The van der Waals surface area contributed by atoms with Gasteiger partial charge in [0, 0.05) is 19.7 Å². The van der Waals surface area contributed by atoms with Gasteiger partial charge in [-0.15, -0.1) is 0 Å². The van der Waals surface area contributed by atoms with Crippen molar-refractivity contribution >= 4 is 5.91 Å². The molecule has 2 fully saturated rings. The van der Waals surface area contributed by atoms with Crippen molar-refractivity contribution in [2.24, 2.45) is 5.92 Å². The van der Waals surface area contributed by atoms with Crippen molar-refractivity contribution < 1.29 is 9.53 Å². The molecule has 1 saturated heterocycles. The van der Waals surface area contributed by atoms with Gasteiger partial charge in [0.05, 0.1) is 0 Å². The van der Waals surface area contributed by atoms with Crippen LogP contribution in [0.5, 0.6) is 0 Å². The van der Waals surface area contributed by atoms with Crippen molar-refractivity contribution in [2.45, 2.75) is 44.8 Å². The minimum absolute atomic E-state index is 0.175. The summed E-state index contributed by atoms with van der Waals surface area (Å²) in [5.41, 5.74) is 0. The third-order valence-electron chi connectivity index (χ3n) is 3.89. The number of hydrogen-bond donors (Lipinski definition) is 1. The van der Waals surface area contributed by atoms with E-state index < -0.39 is 0 Å². The SMILES string of the molecule is COC(C)C(=O)N(CC1CCNCC1)C1CC1. The van der Waals surface area contributed by atoms with E-state index in [0.717, 1.165) is 19.6 Å². The summed E-state index contributed by atoms with van der Waals surface area (Å²) in [5.74, 6) is 0.846. The highest BCUT2D eigenvalue weighted by Gasteiger charge is 2.35. The van der Waals surface area contributed by atoms with E-state index >= 15 is 0 Å². The van der Waals surface area contributed by atoms with Crippen LogP contribution in [-0.2, 0) is 9.53 Å². The van der Waals surface area contributed by atoms with Gasteiger partial charge in [-0.2, -0.15) is 0 Å². The van der Waals surface area contributed by atoms with Crippen LogP contribution >= 0.6 is 0 Å². The Bertz CT molecular complexity index is 260. The van der Waals surface area contributed by atoms with E-state index in [2.05, 4.69) is 10.2 Å². The Hall–Kier alpha value is -0.610. The second-order valence-electron chi connectivity index (χ2n) is 5.29. The van der Waals surface area contributed by atoms with Gasteiger partial charge in [-0.25, -0.2) is 0 Å². The van der Waals surface area contributed by atoms with Gasteiger partial charge in [0.15, 0.2) is 0 Å². The Balaban J connectivity index is 1.89. The number of amides is 1. The fourth-order valence-electron chi connectivity index (χ4n) is 2.48. The Morgan fingerprint density at radius 3 is 2.53 bits per heavy atom. The molecule has 1 atom stereocenters. The van der Waals surface area contributed by atoms with Crippen LogP contribution in [0.15, 0.2) is 0 Å². The molecule has 2 aliphatic rings. The smallest absolute Gasteiger partial charge is 0.251 e. The molecule has 0 spiro atoms. The highest BCUT2D eigenvalue weighted by atomic mass is 16.5. The first-order chi connectivity index (χ1) is 8.22. The molecule has 98 valence electrons. The molecule has 0 aromatic carbocycles. The molecular formula is C13H24N2O2. The maximum absolute atomic E-state index is 12.2. The van der Waals surface area contributed by atoms with Crippen LogP contribution in [0.4, 0.5) is 0 Å². The summed E-state index contributed by atoms with van der Waals surface area (Å²) in [7, 11) is 1.61. The molecule has 4 heteroatoms. The Kier molecular flexibility index (Phi) is 4.40. The van der Waals surface area contributed by atoms with Gasteiger partial charge in [0.2, 0.25) is 0 Å². The number of carbonyl (C=O) groups is 1. The maximum Gasteiger partial charge on any atom is 0.251 e. The maximum atomic E-state index is 12.2. The molecule has 1 N–H and O–H groups in total. The molecular weight excluding hydrogens is 216 g/mol. The van der Waals surface area contributed by atoms with Gasteiger partial charge >= 0.3 is 0 Å². The van der Waals surface area contributed by atoms with Crippen LogP contribution < -0.4 is 5.32 Å². The van der Waals surface area contributed by atoms with Crippen molar-refractivity contribution in [1.29, 1.82) is 0 Å². The average Bonchev–Trinajstić information content (AvgIpc) is 3.19. The van der Waals surface area contributed by atoms with Crippen LogP contribution in [0.25, 0.3) is 0 Å².